The van der Waals surface area contributed by atoms with E-state index in [1.54, 1.807) is 25.6 Å². The molecule has 0 fully saturated rings. The van der Waals surface area contributed by atoms with E-state index in [9.17, 15) is 0 Å². The Hall–Kier alpha value is -2.90. The van der Waals surface area contributed by atoms with Crippen LogP contribution in [0.15, 0.2) is 54.9 Å². The average molecular weight is 336 g/mol. The number of nitriles is 1. The van der Waals surface area contributed by atoms with Crippen molar-refractivity contribution in [2.24, 2.45) is 0 Å². The molecule has 5 heteroatoms. The van der Waals surface area contributed by atoms with Crippen molar-refractivity contribution < 1.29 is 4.74 Å². The number of benzene rings is 1. The summed E-state index contributed by atoms with van der Waals surface area (Å²) in [6.07, 6.45) is 4.07. The number of hydrogen-bond donors (Lipinski definition) is 0. The highest BCUT2D eigenvalue weighted by Crippen LogP contribution is 2.31. The molecule has 3 aromatic rings. The smallest absolute Gasteiger partial charge is 0.221 e. The van der Waals surface area contributed by atoms with E-state index < -0.39 is 0 Å². The van der Waals surface area contributed by atoms with Gasteiger partial charge in [-0.3, -0.25) is 0 Å². The quantitative estimate of drug-likeness (QED) is 0.714. The Morgan fingerprint density at radius 2 is 2.00 bits per heavy atom. The molecule has 1 aromatic carbocycles. The molecule has 0 atom stereocenters. The number of pyridine rings is 2. The molecule has 2 heterocycles. The van der Waals surface area contributed by atoms with Gasteiger partial charge in [0.1, 0.15) is 11.8 Å². The Kier molecular flexibility index (Phi) is 4.74. The molecule has 0 amide bonds. The zero-order valence-electron chi connectivity index (χ0n) is 13.0. The van der Waals surface area contributed by atoms with E-state index in [4.69, 9.17) is 21.6 Å². The van der Waals surface area contributed by atoms with Crippen LogP contribution in [0.5, 0.6) is 5.88 Å². The van der Waals surface area contributed by atoms with Crippen LogP contribution in [0, 0.1) is 11.3 Å². The molecular weight excluding hydrogens is 322 g/mol. The van der Waals surface area contributed by atoms with E-state index >= 15 is 0 Å². The first kappa shape index (κ1) is 16.0. The molecule has 0 aliphatic rings. The minimum absolute atomic E-state index is 0.407. The van der Waals surface area contributed by atoms with Crippen molar-refractivity contribution >= 4 is 11.6 Å². The highest BCUT2D eigenvalue weighted by Gasteiger charge is 2.10. The van der Waals surface area contributed by atoms with Crippen LogP contribution in [0.4, 0.5) is 0 Å². The maximum atomic E-state index is 8.96. The van der Waals surface area contributed by atoms with Gasteiger partial charge in [0.05, 0.1) is 7.11 Å². The molecule has 3 rings (SSSR count). The first-order chi connectivity index (χ1) is 11.7. The summed E-state index contributed by atoms with van der Waals surface area (Å²) in [4.78, 5) is 8.39. The van der Waals surface area contributed by atoms with Crippen molar-refractivity contribution in [2.75, 3.05) is 7.11 Å². The van der Waals surface area contributed by atoms with E-state index in [-0.39, 0.29) is 0 Å². The molecule has 0 aliphatic carbocycles. The molecule has 0 saturated carbocycles. The Labute approximate surface area is 145 Å². The van der Waals surface area contributed by atoms with Crippen LogP contribution >= 0.6 is 11.6 Å². The van der Waals surface area contributed by atoms with E-state index in [1.165, 1.54) is 0 Å². The van der Waals surface area contributed by atoms with Crippen LogP contribution in [0.2, 0.25) is 5.02 Å². The summed E-state index contributed by atoms with van der Waals surface area (Å²) in [5, 5.41) is 9.62. The van der Waals surface area contributed by atoms with Crippen molar-refractivity contribution in [1.82, 2.24) is 9.97 Å². The number of methoxy groups -OCH3 is 1. The van der Waals surface area contributed by atoms with Crippen LogP contribution < -0.4 is 4.74 Å². The molecule has 4 nitrogen and oxygen atoms in total. The second kappa shape index (κ2) is 7.12. The third-order valence-corrected chi connectivity index (χ3v) is 3.82. The van der Waals surface area contributed by atoms with Crippen LogP contribution in [0.3, 0.4) is 0 Å². The minimum Gasteiger partial charge on any atom is -0.481 e. The number of nitrogens with zero attached hydrogens (tertiary/aromatic N) is 3. The van der Waals surface area contributed by atoms with E-state index in [0.717, 1.165) is 22.3 Å². The third-order valence-electron chi connectivity index (χ3n) is 3.58. The number of halogens is 1. The second-order valence-electron chi connectivity index (χ2n) is 5.25. The first-order valence-corrected chi connectivity index (χ1v) is 7.71. The van der Waals surface area contributed by atoms with Crippen LogP contribution in [-0.4, -0.2) is 17.1 Å². The zero-order chi connectivity index (χ0) is 16.9. The zero-order valence-corrected chi connectivity index (χ0v) is 13.8. The van der Waals surface area contributed by atoms with Gasteiger partial charge in [-0.2, -0.15) is 5.26 Å². The Morgan fingerprint density at radius 3 is 2.75 bits per heavy atom. The van der Waals surface area contributed by atoms with Crippen LogP contribution in [0.25, 0.3) is 11.1 Å². The lowest BCUT2D eigenvalue weighted by atomic mass is 10.0. The monoisotopic (exact) mass is 335 g/mol. The highest BCUT2D eigenvalue weighted by molar-refractivity contribution is 6.30. The standard InChI is InChI=1S/C19H14ClN3O/c1-24-19-18(15-3-2-4-16(20)10-15)9-14(12-23-19)7-13-5-6-22-17(8-13)11-21/h2-6,8-10,12H,7H2,1H3. The van der Waals surface area contributed by atoms with Gasteiger partial charge >= 0.3 is 0 Å². The van der Waals surface area contributed by atoms with E-state index in [0.29, 0.717) is 23.0 Å². The maximum absolute atomic E-state index is 8.96. The fourth-order valence-corrected chi connectivity index (χ4v) is 2.69. The van der Waals surface area contributed by atoms with E-state index in [1.807, 2.05) is 36.4 Å². The SMILES string of the molecule is COc1ncc(Cc2ccnc(C#N)c2)cc1-c1cccc(Cl)c1. The summed E-state index contributed by atoms with van der Waals surface area (Å²) in [7, 11) is 1.60. The average Bonchev–Trinajstić information content (AvgIpc) is 2.62. The molecule has 0 saturated heterocycles. The maximum Gasteiger partial charge on any atom is 0.221 e. The molecular formula is C19H14ClN3O. The van der Waals surface area contributed by atoms with Gasteiger partial charge in [0.25, 0.3) is 0 Å². The lowest BCUT2D eigenvalue weighted by Gasteiger charge is -2.10. The van der Waals surface area contributed by atoms with Crippen LogP contribution in [0.1, 0.15) is 16.8 Å². The summed E-state index contributed by atoms with van der Waals surface area (Å²) in [6, 6.07) is 15.3. The number of hydrogen-bond acceptors (Lipinski definition) is 4. The summed E-state index contributed by atoms with van der Waals surface area (Å²) < 4.78 is 5.37. The molecule has 0 unspecified atom stereocenters. The van der Waals surface area contributed by atoms with Gasteiger partial charge in [-0.05, 0) is 53.4 Å². The molecule has 0 N–H and O–H groups in total. The summed E-state index contributed by atoms with van der Waals surface area (Å²) >= 11 is 6.09. The van der Waals surface area contributed by atoms with Gasteiger partial charge in [-0.25, -0.2) is 9.97 Å². The lowest BCUT2D eigenvalue weighted by Crippen LogP contribution is -1.96. The molecule has 0 aliphatic heterocycles. The van der Waals surface area contributed by atoms with Crippen molar-refractivity contribution in [1.29, 1.82) is 5.26 Å². The van der Waals surface area contributed by atoms with Crippen molar-refractivity contribution in [2.45, 2.75) is 6.42 Å². The molecule has 118 valence electrons. The fourth-order valence-electron chi connectivity index (χ4n) is 2.50. The van der Waals surface area contributed by atoms with Crippen molar-refractivity contribution in [3.8, 4) is 23.1 Å². The second-order valence-corrected chi connectivity index (χ2v) is 5.69. The molecule has 2 aromatic heterocycles. The number of ether oxygens (including phenoxy) is 1. The Balaban J connectivity index is 1.98. The van der Waals surface area contributed by atoms with Gasteiger partial charge < -0.3 is 4.74 Å². The van der Waals surface area contributed by atoms with Gasteiger partial charge in [0.2, 0.25) is 5.88 Å². The number of rotatable bonds is 4. The fraction of sp³-hybridized carbons (Fsp3) is 0.105. The largest absolute Gasteiger partial charge is 0.481 e. The predicted octanol–water partition coefficient (Wildman–Crippen LogP) is 4.27. The molecule has 0 radical (unpaired) electrons. The van der Waals surface area contributed by atoms with E-state index in [2.05, 4.69) is 16.0 Å². The third kappa shape index (κ3) is 3.53. The Morgan fingerprint density at radius 1 is 1.12 bits per heavy atom. The summed E-state index contributed by atoms with van der Waals surface area (Å²) in [6.45, 7) is 0. The highest BCUT2D eigenvalue weighted by atomic mass is 35.5. The van der Waals surface area contributed by atoms with Crippen molar-refractivity contribution in [3.63, 3.8) is 0 Å². The molecule has 24 heavy (non-hydrogen) atoms. The normalized spacial score (nSPS) is 10.2. The lowest BCUT2D eigenvalue weighted by molar-refractivity contribution is 0.399. The molecule has 0 spiro atoms. The minimum atomic E-state index is 0.407. The summed E-state index contributed by atoms with van der Waals surface area (Å²) in [5.41, 5.74) is 4.25. The summed E-state index contributed by atoms with van der Waals surface area (Å²) in [5.74, 6) is 0.549. The van der Waals surface area contributed by atoms with Crippen LogP contribution in [-0.2, 0) is 6.42 Å². The van der Waals surface area contributed by atoms with Gasteiger partial charge in [0, 0.05) is 23.0 Å². The number of aromatic nitrogens is 2. The first-order valence-electron chi connectivity index (χ1n) is 7.33. The topological polar surface area (TPSA) is 58.8 Å². The Bertz CT molecular complexity index is 918. The van der Waals surface area contributed by atoms with Gasteiger partial charge in [-0.15, -0.1) is 0 Å². The van der Waals surface area contributed by atoms with Gasteiger partial charge in [-0.1, -0.05) is 23.7 Å². The molecule has 0 bridgehead atoms. The van der Waals surface area contributed by atoms with Gasteiger partial charge in [0.15, 0.2) is 0 Å². The van der Waals surface area contributed by atoms with Crippen molar-refractivity contribution in [3.05, 3.63) is 76.7 Å². The predicted molar refractivity (Wildman–Crippen MR) is 93.0 cm³/mol.